The van der Waals surface area contributed by atoms with Crippen LogP contribution < -0.4 is 10.6 Å². The molecule has 0 saturated heterocycles. The highest BCUT2D eigenvalue weighted by atomic mass is 16.4. The molecule has 0 aliphatic rings. The van der Waals surface area contributed by atoms with Crippen LogP contribution in [0, 0.1) is 11.8 Å². The van der Waals surface area contributed by atoms with E-state index in [9.17, 15) is 19.5 Å². The molecule has 9 nitrogen and oxygen atoms in total. The SMILES string of the molecule is CC(C)[C@H](O)C(=O)N[C@@H](Cc1ccccc1)C(=O)N[C@H](c1nc(C=O)c(-c2c[nH]c3ccccc23)o1)C(C)C. The zero-order valence-corrected chi connectivity index (χ0v) is 22.5. The summed E-state index contributed by atoms with van der Waals surface area (Å²) >= 11 is 0. The Morgan fingerprint density at radius 3 is 2.33 bits per heavy atom. The molecular weight excluding hydrogens is 496 g/mol. The molecule has 0 aliphatic carbocycles. The van der Waals surface area contributed by atoms with E-state index in [0.717, 1.165) is 16.5 Å². The fourth-order valence-electron chi connectivity index (χ4n) is 4.40. The summed E-state index contributed by atoms with van der Waals surface area (Å²) in [5, 5.41) is 16.8. The summed E-state index contributed by atoms with van der Waals surface area (Å²) in [4.78, 5) is 45.8. The number of fused-ring (bicyclic) bond motifs is 1. The highest BCUT2D eigenvalue weighted by Gasteiger charge is 2.31. The highest BCUT2D eigenvalue weighted by Crippen LogP contribution is 2.34. The number of aromatic amines is 1. The molecule has 2 amide bonds. The van der Waals surface area contributed by atoms with E-state index in [1.165, 1.54) is 0 Å². The van der Waals surface area contributed by atoms with Crippen molar-refractivity contribution in [3.8, 4) is 11.3 Å². The molecule has 9 heteroatoms. The molecule has 0 aliphatic heterocycles. The number of oxazole rings is 1. The van der Waals surface area contributed by atoms with Gasteiger partial charge in [-0.1, -0.05) is 76.2 Å². The van der Waals surface area contributed by atoms with Crippen LogP contribution in [0.1, 0.15) is 55.7 Å². The molecule has 0 fully saturated rings. The largest absolute Gasteiger partial charge is 0.438 e. The molecule has 204 valence electrons. The van der Waals surface area contributed by atoms with Gasteiger partial charge in [0, 0.05) is 29.1 Å². The van der Waals surface area contributed by atoms with Crippen molar-refractivity contribution in [1.82, 2.24) is 20.6 Å². The van der Waals surface area contributed by atoms with Crippen LogP contribution in [0.25, 0.3) is 22.2 Å². The van der Waals surface area contributed by atoms with Crippen LogP contribution in [0.2, 0.25) is 0 Å². The van der Waals surface area contributed by atoms with Crippen molar-refractivity contribution < 1.29 is 23.9 Å². The minimum Gasteiger partial charge on any atom is -0.438 e. The molecule has 4 aromatic rings. The first-order chi connectivity index (χ1) is 18.7. The summed E-state index contributed by atoms with van der Waals surface area (Å²) in [5.41, 5.74) is 2.55. The van der Waals surface area contributed by atoms with Crippen LogP contribution in [0.3, 0.4) is 0 Å². The molecule has 3 atom stereocenters. The van der Waals surface area contributed by atoms with Crippen molar-refractivity contribution in [2.45, 2.75) is 52.3 Å². The predicted octanol–water partition coefficient (Wildman–Crippen LogP) is 4.19. The molecule has 0 bridgehead atoms. The lowest BCUT2D eigenvalue weighted by Crippen LogP contribution is -2.52. The Balaban J connectivity index is 1.63. The lowest BCUT2D eigenvalue weighted by atomic mass is 10.0. The van der Waals surface area contributed by atoms with Crippen molar-refractivity contribution in [3.05, 3.63) is 77.9 Å². The Bertz CT molecular complexity index is 1440. The first kappa shape index (κ1) is 27.8. The number of benzene rings is 2. The number of rotatable bonds is 11. The van der Waals surface area contributed by atoms with Gasteiger partial charge in [0.25, 0.3) is 0 Å². The second-order valence-electron chi connectivity index (χ2n) is 10.3. The van der Waals surface area contributed by atoms with Crippen LogP contribution in [0.15, 0.2) is 65.2 Å². The maximum Gasteiger partial charge on any atom is 0.249 e. The molecular formula is C30H34N4O5. The van der Waals surface area contributed by atoms with Crippen molar-refractivity contribution in [2.75, 3.05) is 0 Å². The molecule has 2 heterocycles. The van der Waals surface area contributed by atoms with Gasteiger partial charge in [0.05, 0.1) is 0 Å². The maximum atomic E-state index is 13.6. The van der Waals surface area contributed by atoms with Crippen molar-refractivity contribution >= 4 is 29.0 Å². The minimum absolute atomic E-state index is 0.129. The number of aromatic nitrogens is 2. The third kappa shape index (κ3) is 6.26. The normalized spacial score (nSPS) is 13.8. The summed E-state index contributed by atoms with van der Waals surface area (Å²) in [7, 11) is 0. The third-order valence-corrected chi connectivity index (χ3v) is 6.66. The molecule has 4 N–H and O–H groups in total. The zero-order valence-electron chi connectivity index (χ0n) is 22.5. The van der Waals surface area contributed by atoms with Gasteiger partial charge in [-0.15, -0.1) is 0 Å². The van der Waals surface area contributed by atoms with Crippen LogP contribution in [0.4, 0.5) is 0 Å². The number of nitrogens with zero attached hydrogens (tertiary/aromatic N) is 1. The number of nitrogens with one attached hydrogen (secondary N) is 3. The van der Waals surface area contributed by atoms with Crippen molar-refractivity contribution in [3.63, 3.8) is 0 Å². The van der Waals surface area contributed by atoms with E-state index in [2.05, 4.69) is 20.6 Å². The number of aliphatic hydroxyl groups is 1. The van der Waals surface area contributed by atoms with Gasteiger partial charge >= 0.3 is 0 Å². The number of aldehydes is 1. The van der Waals surface area contributed by atoms with E-state index in [1.807, 2.05) is 68.4 Å². The highest BCUT2D eigenvalue weighted by molar-refractivity contribution is 5.97. The van der Waals surface area contributed by atoms with Crippen LogP contribution in [-0.4, -0.2) is 45.3 Å². The monoisotopic (exact) mass is 530 g/mol. The van der Waals surface area contributed by atoms with Crippen LogP contribution in [0.5, 0.6) is 0 Å². The van der Waals surface area contributed by atoms with E-state index in [0.29, 0.717) is 17.6 Å². The number of aliphatic hydroxyl groups excluding tert-OH is 1. The van der Waals surface area contributed by atoms with Crippen LogP contribution in [-0.2, 0) is 16.0 Å². The molecule has 0 saturated carbocycles. The van der Waals surface area contributed by atoms with Gasteiger partial charge in [-0.05, 0) is 23.5 Å². The minimum atomic E-state index is -1.25. The number of hydrogen-bond donors (Lipinski definition) is 4. The molecule has 2 aromatic heterocycles. The molecule has 4 rings (SSSR count). The maximum absolute atomic E-state index is 13.6. The standard InChI is InChI=1S/C30H34N4O5/c1-17(2)25(30-33-24(16-35)27(39-30)21-15-31-22-13-9-8-12-20(21)22)34-28(37)23(14-19-10-6-5-7-11-19)32-29(38)26(36)18(3)4/h5-13,15-18,23,25-26,31,36H,14H2,1-4H3,(H,32,38)(H,34,37)/t23-,25-,26-/m0/s1. The fourth-order valence-corrected chi connectivity index (χ4v) is 4.40. The first-order valence-electron chi connectivity index (χ1n) is 13.0. The van der Waals surface area contributed by atoms with Gasteiger partial charge in [0.15, 0.2) is 12.0 Å². The summed E-state index contributed by atoms with van der Waals surface area (Å²) in [5.74, 6) is -1.05. The lowest BCUT2D eigenvalue weighted by Gasteiger charge is -2.25. The van der Waals surface area contributed by atoms with Gasteiger partial charge in [0.1, 0.15) is 23.9 Å². The number of amides is 2. The average Bonchev–Trinajstić information content (AvgIpc) is 3.55. The Morgan fingerprint density at radius 1 is 0.974 bits per heavy atom. The number of carbonyl (C=O) groups is 3. The molecule has 2 aromatic carbocycles. The Hall–Kier alpha value is -4.24. The Labute approximate surface area is 227 Å². The van der Waals surface area contributed by atoms with Gasteiger partial charge in [-0.2, -0.15) is 0 Å². The van der Waals surface area contributed by atoms with Crippen molar-refractivity contribution in [1.29, 1.82) is 0 Å². The predicted molar refractivity (Wildman–Crippen MR) is 148 cm³/mol. The van der Waals surface area contributed by atoms with Gasteiger partial charge < -0.3 is 25.1 Å². The fraction of sp³-hybridized carbons (Fsp3) is 0.333. The van der Waals surface area contributed by atoms with E-state index in [4.69, 9.17) is 4.42 Å². The number of para-hydroxylation sites is 1. The topological polar surface area (TPSA) is 137 Å². The van der Waals surface area contributed by atoms with Crippen LogP contribution >= 0.6 is 0 Å². The number of carbonyl (C=O) groups excluding carboxylic acids is 3. The van der Waals surface area contributed by atoms with E-state index in [-0.39, 0.29) is 29.8 Å². The third-order valence-electron chi connectivity index (χ3n) is 6.66. The summed E-state index contributed by atoms with van der Waals surface area (Å²) in [6.07, 6.45) is 1.36. The zero-order chi connectivity index (χ0) is 28.1. The lowest BCUT2D eigenvalue weighted by molar-refractivity contribution is -0.135. The first-order valence-corrected chi connectivity index (χ1v) is 13.0. The van der Waals surface area contributed by atoms with Crippen molar-refractivity contribution in [2.24, 2.45) is 11.8 Å². The summed E-state index contributed by atoms with van der Waals surface area (Å²) in [6, 6.07) is 15.3. The van der Waals surface area contributed by atoms with E-state index in [1.54, 1.807) is 20.0 Å². The Kier molecular flexibility index (Phi) is 8.61. The average molecular weight is 531 g/mol. The second kappa shape index (κ2) is 12.1. The molecule has 0 unspecified atom stereocenters. The summed E-state index contributed by atoms with van der Waals surface area (Å²) in [6.45, 7) is 7.25. The second-order valence-corrected chi connectivity index (χ2v) is 10.3. The van der Waals surface area contributed by atoms with E-state index >= 15 is 0 Å². The van der Waals surface area contributed by atoms with Gasteiger partial charge in [-0.3, -0.25) is 14.4 Å². The Morgan fingerprint density at radius 2 is 1.67 bits per heavy atom. The molecule has 0 spiro atoms. The molecule has 39 heavy (non-hydrogen) atoms. The number of hydrogen-bond acceptors (Lipinski definition) is 6. The summed E-state index contributed by atoms with van der Waals surface area (Å²) < 4.78 is 6.13. The van der Waals surface area contributed by atoms with Gasteiger partial charge in [-0.25, -0.2) is 4.98 Å². The van der Waals surface area contributed by atoms with Gasteiger partial charge in [0.2, 0.25) is 17.7 Å². The smallest absolute Gasteiger partial charge is 0.249 e. The van der Waals surface area contributed by atoms with E-state index < -0.39 is 30.0 Å². The molecule has 0 radical (unpaired) electrons. The quantitative estimate of drug-likeness (QED) is 0.215. The number of H-pyrrole nitrogens is 1.